The maximum absolute atomic E-state index is 14.1. The molecule has 5 nitrogen and oxygen atoms in total. The first-order valence-electron chi connectivity index (χ1n) is 7.89. The Balaban J connectivity index is 1.98. The molecule has 25 heavy (non-hydrogen) atoms. The number of β-amino-alcohol motifs (C(OH)–C–C–N with tert-alkyl or cyclic N) is 1. The number of amides is 1. The molecule has 0 radical (unpaired) electrons. The highest BCUT2D eigenvalue weighted by atomic mass is 19.1. The van der Waals surface area contributed by atoms with Crippen LogP contribution in [0.25, 0.3) is 0 Å². The van der Waals surface area contributed by atoms with Crippen LogP contribution in [0.15, 0.2) is 30.5 Å². The Morgan fingerprint density at radius 2 is 1.96 bits per heavy atom. The summed E-state index contributed by atoms with van der Waals surface area (Å²) >= 11 is 0. The average Bonchev–Trinajstić information content (AvgIpc) is 3.12. The van der Waals surface area contributed by atoms with Crippen LogP contribution < -0.4 is 0 Å². The number of rotatable bonds is 3. The fraction of sp³-hybridized carbons (Fsp3) is 0.333. The third-order valence-corrected chi connectivity index (χ3v) is 4.49. The minimum Gasteiger partial charge on any atom is -0.391 e. The lowest BCUT2D eigenvalue weighted by Crippen LogP contribution is -2.33. The first kappa shape index (κ1) is 17.3. The van der Waals surface area contributed by atoms with Crippen molar-refractivity contribution in [2.24, 2.45) is 7.05 Å². The lowest BCUT2D eigenvalue weighted by Gasteiger charge is -2.25. The molecule has 0 bridgehead atoms. The van der Waals surface area contributed by atoms with Gasteiger partial charge in [0.15, 0.2) is 5.78 Å². The van der Waals surface area contributed by atoms with E-state index in [1.807, 2.05) is 0 Å². The number of nitrogens with zero attached hydrogens (tertiary/aromatic N) is 2. The molecule has 1 aromatic carbocycles. The van der Waals surface area contributed by atoms with Crippen LogP contribution in [0, 0.1) is 11.6 Å². The highest BCUT2D eigenvalue weighted by Gasteiger charge is 2.38. The topological polar surface area (TPSA) is 62.5 Å². The minimum atomic E-state index is -0.829. The molecule has 132 valence electrons. The van der Waals surface area contributed by atoms with Crippen molar-refractivity contribution in [3.05, 3.63) is 58.9 Å². The standard InChI is InChI=1S/C18H18F2N2O3/c1-10(23)11-5-17(21(2)8-11)18(25)22-9-13(24)7-16(22)14-6-12(19)3-4-15(14)20/h3-6,8,13,16,24H,7,9H2,1-2H3. The van der Waals surface area contributed by atoms with Gasteiger partial charge < -0.3 is 14.6 Å². The van der Waals surface area contributed by atoms with Gasteiger partial charge in [-0.05, 0) is 37.6 Å². The number of carbonyl (C=O) groups is 2. The summed E-state index contributed by atoms with van der Waals surface area (Å²) in [4.78, 5) is 25.7. The summed E-state index contributed by atoms with van der Waals surface area (Å²) in [5.41, 5.74) is 0.672. The molecular formula is C18H18F2N2O3. The molecule has 1 aliphatic heterocycles. The number of hydrogen-bond donors (Lipinski definition) is 1. The molecule has 0 spiro atoms. The van der Waals surface area contributed by atoms with Crippen LogP contribution in [0.1, 0.15) is 45.8 Å². The van der Waals surface area contributed by atoms with E-state index in [0.717, 1.165) is 18.2 Å². The Labute approximate surface area is 143 Å². The summed E-state index contributed by atoms with van der Waals surface area (Å²) in [6.07, 6.45) is 0.833. The van der Waals surface area contributed by atoms with Gasteiger partial charge in [-0.15, -0.1) is 0 Å². The van der Waals surface area contributed by atoms with Gasteiger partial charge in [0.2, 0.25) is 0 Å². The Morgan fingerprint density at radius 1 is 1.24 bits per heavy atom. The number of aliphatic hydroxyl groups is 1. The molecule has 3 rings (SSSR count). The zero-order valence-electron chi connectivity index (χ0n) is 13.9. The molecule has 1 fully saturated rings. The first-order valence-corrected chi connectivity index (χ1v) is 7.89. The van der Waals surface area contributed by atoms with Crippen LogP contribution in [0.2, 0.25) is 0 Å². The summed E-state index contributed by atoms with van der Waals surface area (Å²) in [7, 11) is 1.63. The summed E-state index contributed by atoms with van der Waals surface area (Å²) in [6, 6.07) is 3.76. The van der Waals surface area contributed by atoms with E-state index in [-0.39, 0.29) is 30.0 Å². The number of halogens is 2. The fourth-order valence-electron chi connectivity index (χ4n) is 3.22. The van der Waals surface area contributed by atoms with Gasteiger partial charge in [-0.3, -0.25) is 9.59 Å². The predicted molar refractivity (Wildman–Crippen MR) is 86.2 cm³/mol. The van der Waals surface area contributed by atoms with E-state index in [9.17, 15) is 23.5 Å². The zero-order valence-corrected chi connectivity index (χ0v) is 13.9. The molecule has 0 aliphatic carbocycles. The zero-order chi connectivity index (χ0) is 18.3. The van der Waals surface area contributed by atoms with E-state index >= 15 is 0 Å². The van der Waals surface area contributed by atoms with Crippen molar-refractivity contribution >= 4 is 11.7 Å². The molecule has 2 aromatic rings. The van der Waals surface area contributed by atoms with Gasteiger partial charge in [-0.25, -0.2) is 8.78 Å². The van der Waals surface area contributed by atoms with E-state index in [1.54, 1.807) is 13.2 Å². The number of Topliss-reactive ketones (excluding diaryl/α,β-unsaturated/α-hetero) is 1. The molecule has 1 N–H and O–H groups in total. The predicted octanol–water partition coefficient (Wildman–Crippen LogP) is 2.45. The number of ketones is 1. The van der Waals surface area contributed by atoms with Crippen molar-refractivity contribution in [3.8, 4) is 0 Å². The number of hydrogen-bond acceptors (Lipinski definition) is 3. The van der Waals surface area contributed by atoms with Crippen molar-refractivity contribution in [2.45, 2.75) is 25.5 Å². The second kappa shape index (κ2) is 6.40. The van der Waals surface area contributed by atoms with Crippen LogP contribution >= 0.6 is 0 Å². The van der Waals surface area contributed by atoms with Gasteiger partial charge in [-0.2, -0.15) is 0 Å². The Hall–Kier alpha value is -2.54. The number of likely N-dealkylation sites (tertiary alicyclic amines) is 1. The molecule has 2 atom stereocenters. The van der Waals surface area contributed by atoms with Gasteiger partial charge in [0, 0.05) is 30.9 Å². The average molecular weight is 348 g/mol. The van der Waals surface area contributed by atoms with Crippen molar-refractivity contribution in [3.63, 3.8) is 0 Å². The third kappa shape index (κ3) is 3.19. The first-order chi connectivity index (χ1) is 11.8. The molecule has 2 unspecified atom stereocenters. The maximum atomic E-state index is 14.1. The molecule has 1 aromatic heterocycles. The Kier molecular flexibility index (Phi) is 4.43. The summed E-state index contributed by atoms with van der Waals surface area (Å²) in [5, 5.41) is 9.98. The monoisotopic (exact) mass is 348 g/mol. The molecule has 2 heterocycles. The molecular weight excluding hydrogens is 330 g/mol. The number of aryl methyl sites for hydroxylation is 1. The third-order valence-electron chi connectivity index (χ3n) is 4.49. The SMILES string of the molecule is CC(=O)c1cc(C(=O)N2CC(O)CC2c2cc(F)ccc2F)n(C)c1. The van der Waals surface area contributed by atoms with E-state index < -0.39 is 29.7 Å². The van der Waals surface area contributed by atoms with Gasteiger partial charge in [0.1, 0.15) is 17.3 Å². The summed E-state index contributed by atoms with van der Waals surface area (Å²) in [5.74, 6) is -1.86. The normalized spacial score (nSPS) is 20.1. The van der Waals surface area contributed by atoms with Crippen LogP contribution in [0.5, 0.6) is 0 Å². The highest BCUT2D eigenvalue weighted by molar-refractivity contribution is 5.99. The van der Waals surface area contributed by atoms with Crippen LogP contribution in [-0.2, 0) is 7.05 Å². The van der Waals surface area contributed by atoms with Gasteiger partial charge in [0.25, 0.3) is 5.91 Å². The second-order valence-electron chi connectivity index (χ2n) is 6.31. The van der Waals surface area contributed by atoms with Crippen molar-refractivity contribution in [2.75, 3.05) is 6.54 Å². The van der Waals surface area contributed by atoms with E-state index in [2.05, 4.69) is 0 Å². The Bertz CT molecular complexity index is 847. The minimum absolute atomic E-state index is 0.0139. The quantitative estimate of drug-likeness (QED) is 0.867. The van der Waals surface area contributed by atoms with E-state index in [0.29, 0.717) is 5.56 Å². The second-order valence-corrected chi connectivity index (χ2v) is 6.31. The van der Waals surface area contributed by atoms with Gasteiger partial charge in [-0.1, -0.05) is 0 Å². The van der Waals surface area contributed by atoms with Crippen molar-refractivity contribution in [1.29, 1.82) is 0 Å². The molecule has 1 amide bonds. The van der Waals surface area contributed by atoms with Crippen LogP contribution in [0.3, 0.4) is 0 Å². The van der Waals surface area contributed by atoms with E-state index in [1.165, 1.54) is 22.5 Å². The smallest absolute Gasteiger partial charge is 0.271 e. The van der Waals surface area contributed by atoms with Crippen molar-refractivity contribution in [1.82, 2.24) is 9.47 Å². The Morgan fingerprint density at radius 3 is 2.60 bits per heavy atom. The lowest BCUT2D eigenvalue weighted by atomic mass is 10.0. The number of carbonyl (C=O) groups excluding carboxylic acids is 2. The van der Waals surface area contributed by atoms with Crippen LogP contribution in [-0.4, -0.2) is 38.9 Å². The highest BCUT2D eigenvalue weighted by Crippen LogP contribution is 2.35. The van der Waals surface area contributed by atoms with Gasteiger partial charge in [0.05, 0.1) is 12.1 Å². The van der Waals surface area contributed by atoms with E-state index in [4.69, 9.17) is 0 Å². The van der Waals surface area contributed by atoms with Crippen LogP contribution in [0.4, 0.5) is 8.78 Å². The number of aromatic nitrogens is 1. The molecule has 0 saturated carbocycles. The summed E-state index contributed by atoms with van der Waals surface area (Å²) < 4.78 is 29.2. The number of benzene rings is 1. The fourth-order valence-corrected chi connectivity index (χ4v) is 3.22. The molecule has 1 saturated heterocycles. The number of aliphatic hydroxyl groups excluding tert-OH is 1. The molecule has 1 aliphatic rings. The lowest BCUT2D eigenvalue weighted by molar-refractivity contribution is 0.0704. The van der Waals surface area contributed by atoms with Crippen molar-refractivity contribution < 1.29 is 23.5 Å². The summed E-state index contributed by atoms with van der Waals surface area (Å²) in [6.45, 7) is 1.41. The molecule has 7 heteroatoms. The maximum Gasteiger partial charge on any atom is 0.271 e. The largest absolute Gasteiger partial charge is 0.391 e. The van der Waals surface area contributed by atoms with Gasteiger partial charge >= 0.3 is 0 Å².